The number of hydrogen-bond donors (Lipinski definition) is 2. The highest BCUT2D eigenvalue weighted by Gasteiger charge is 2.34. The quantitative estimate of drug-likeness (QED) is 0.314. The maximum atomic E-state index is 13.8. The van der Waals surface area contributed by atoms with Gasteiger partial charge in [0.15, 0.2) is 11.6 Å². The van der Waals surface area contributed by atoms with E-state index in [0.29, 0.717) is 35.1 Å². The third-order valence-electron chi connectivity index (χ3n) is 6.90. The van der Waals surface area contributed by atoms with Gasteiger partial charge in [-0.25, -0.2) is 0 Å². The number of carbonyl (C=O) groups is 2. The minimum absolute atomic E-state index is 0.0760. The van der Waals surface area contributed by atoms with E-state index in [9.17, 15) is 9.59 Å². The van der Waals surface area contributed by atoms with Crippen LogP contribution in [0.3, 0.4) is 0 Å². The number of benzene rings is 3. The predicted octanol–water partition coefficient (Wildman–Crippen LogP) is 3.73. The van der Waals surface area contributed by atoms with Crippen molar-refractivity contribution in [2.45, 2.75) is 18.9 Å². The number of aromatic nitrogens is 6. The van der Waals surface area contributed by atoms with Crippen LogP contribution in [0.15, 0.2) is 73.1 Å². The lowest BCUT2D eigenvalue weighted by molar-refractivity contribution is -0.136. The molecule has 2 aromatic heterocycles. The van der Waals surface area contributed by atoms with Gasteiger partial charge in [0.1, 0.15) is 12.4 Å². The third-order valence-corrected chi connectivity index (χ3v) is 7.13. The van der Waals surface area contributed by atoms with Gasteiger partial charge in [-0.2, -0.15) is 9.78 Å². The van der Waals surface area contributed by atoms with Crippen LogP contribution in [0.25, 0.3) is 22.7 Å². The second-order valence-electron chi connectivity index (χ2n) is 9.31. The van der Waals surface area contributed by atoms with Crippen LogP contribution in [0.4, 0.5) is 5.82 Å². The van der Waals surface area contributed by atoms with Gasteiger partial charge in [0.25, 0.3) is 0 Å². The van der Waals surface area contributed by atoms with Crippen LogP contribution < -0.4 is 5.73 Å². The van der Waals surface area contributed by atoms with Crippen LogP contribution >= 0.6 is 11.6 Å². The number of Topliss-reactive ketones (excluding diaryl/α,β-unsaturated/α-hetero) is 1. The van der Waals surface area contributed by atoms with Gasteiger partial charge in [-0.1, -0.05) is 41.9 Å². The van der Waals surface area contributed by atoms with Crippen LogP contribution in [-0.2, 0) is 22.4 Å². The molecule has 0 fully saturated rings. The average Bonchev–Trinajstić information content (AvgIpc) is 3.61. The number of nitrogens with one attached hydrogen (secondary N) is 1. The Bertz CT molecular complexity index is 1730. The standard InChI is InChI=1S/C28H23ClN8O2/c29-20-7-9-24(37-16-31-34-35-37)19(15-20)6-10-26(39)36-12-11-18-3-1-2-4-21(18)27(36)25(38)14-17-5-8-22-23(13-17)32-33-28(22)30/h1-10,13,15-16,27H,11-12,14H2,(H3,30,32,33)/b10-6+/t27-/m0/s1. The zero-order valence-corrected chi connectivity index (χ0v) is 21.4. The van der Waals surface area contributed by atoms with Gasteiger partial charge >= 0.3 is 0 Å². The number of nitrogens with two attached hydrogens (primary N) is 1. The van der Waals surface area contributed by atoms with Gasteiger partial charge in [-0.05, 0) is 69.9 Å². The van der Waals surface area contributed by atoms with Crippen molar-refractivity contribution in [2.75, 3.05) is 12.3 Å². The van der Waals surface area contributed by atoms with E-state index in [2.05, 4.69) is 25.7 Å². The summed E-state index contributed by atoms with van der Waals surface area (Å²) in [5.41, 5.74) is 10.7. The van der Waals surface area contributed by atoms with Crippen LogP contribution in [0.2, 0.25) is 5.02 Å². The fourth-order valence-corrected chi connectivity index (χ4v) is 5.22. The Labute approximate surface area is 228 Å². The second-order valence-corrected chi connectivity index (χ2v) is 9.74. The number of rotatable bonds is 6. The van der Waals surface area contributed by atoms with Gasteiger partial charge < -0.3 is 10.6 Å². The summed E-state index contributed by atoms with van der Waals surface area (Å²) >= 11 is 6.23. The van der Waals surface area contributed by atoms with E-state index in [1.165, 1.54) is 17.1 Å². The lowest BCUT2D eigenvalue weighted by atomic mass is 9.88. The molecule has 1 aliphatic heterocycles. The maximum absolute atomic E-state index is 13.8. The molecule has 0 saturated heterocycles. The largest absolute Gasteiger partial charge is 0.382 e. The van der Waals surface area contributed by atoms with Crippen LogP contribution in [-0.4, -0.2) is 53.5 Å². The fraction of sp³-hybridized carbons (Fsp3) is 0.143. The Kier molecular flexibility index (Phi) is 6.37. The van der Waals surface area contributed by atoms with Gasteiger partial charge in [0.2, 0.25) is 5.91 Å². The van der Waals surface area contributed by atoms with Crippen LogP contribution in [0.5, 0.6) is 0 Å². The molecule has 0 saturated carbocycles. The summed E-state index contributed by atoms with van der Waals surface area (Å²) < 4.78 is 1.49. The van der Waals surface area contributed by atoms with Crippen molar-refractivity contribution in [3.8, 4) is 5.69 Å². The van der Waals surface area contributed by atoms with Crippen molar-refractivity contribution in [3.63, 3.8) is 0 Å². The Morgan fingerprint density at radius 3 is 2.85 bits per heavy atom. The van der Waals surface area contributed by atoms with Crippen molar-refractivity contribution < 1.29 is 9.59 Å². The number of nitrogens with zero attached hydrogens (tertiary/aromatic N) is 6. The van der Waals surface area contributed by atoms with Crippen molar-refractivity contribution in [1.29, 1.82) is 0 Å². The zero-order valence-electron chi connectivity index (χ0n) is 20.7. The molecule has 10 nitrogen and oxygen atoms in total. The number of nitrogen functional groups attached to an aromatic ring is 1. The topological polar surface area (TPSA) is 136 Å². The lowest BCUT2D eigenvalue weighted by Gasteiger charge is -2.36. The number of tetrazole rings is 1. The molecule has 0 aliphatic carbocycles. The normalized spacial score (nSPS) is 15.1. The first-order valence-electron chi connectivity index (χ1n) is 12.3. The number of hydrogen-bond acceptors (Lipinski definition) is 7. The first-order valence-corrected chi connectivity index (χ1v) is 12.7. The number of H-pyrrole nitrogens is 1. The number of ketones is 1. The molecule has 1 amide bonds. The molecule has 1 aliphatic rings. The van der Waals surface area contributed by atoms with Crippen LogP contribution in [0, 0.1) is 0 Å². The molecular formula is C28H23ClN8O2. The first-order chi connectivity index (χ1) is 19.0. The highest BCUT2D eigenvalue weighted by Crippen LogP contribution is 2.32. The van der Waals surface area contributed by atoms with Gasteiger partial charge in [0.05, 0.1) is 11.2 Å². The molecular weight excluding hydrogens is 516 g/mol. The SMILES string of the molecule is Nc1n[nH]c2cc(CC(=O)[C@@H]3c4ccccc4CCN3C(=O)/C=C/c3cc(Cl)ccc3-n3cnnn3)ccc12. The minimum atomic E-state index is -0.715. The summed E-state index contributed by atoms with van der Waals surface area (Å²) in [4.78, 5) is 29.0. The van der Waals surface area contributed by atoms with Crippen molar-refractivity contribution >= 4 is 46.1 Å². The van der Waals surface area contributed by atoms with Crippen molar-refractivity contribution in [3.05, 3.63) is 100 Å². The summed E-state index contributed by atoms with van der Waals surface area (Å²) in [6.45, 7) is 0.419. The summed E-state index contributed by atoms with van der Waals surface area (Å²) in [6.07, 6.45) is 5.41. The van der Waals surface area contributed by atoms with Gasteiger partial charge in [-0.15, -0.1) is 5.10 Å². The molecule has 3 N–H and O–H groups in total. The van der Waals surface area contributed by atoms with Crippen molar-refractivity contribution in [1.82, 2.24) is 35.3 Å². The smallest absolute Gasteiger partial charge is 0.247 e. The molecule has 1 atom stereocenters. The molecule has 194 valence electrons. The number of carbonyl (C=O) groups excluding carboxylic acids is 2. The summed E-state index contributed by atoms with van der Waals surface area (Å²) in [5, 5.41) is 19.5. The number of anilines is 1. The number of halogens is 1. The molecule has 0 bridgehead atoms. The Morgan fingerprint density at radius 2 is 2.00 bits per heavy atom. The van der Waals surface area contributed by atoms with E-state index < -0.39 is 6.04 Å². The molecule has 0 radical (unpaired) electrons. The number of aromatic amines is 1. The van der Waals surface area contributed by atoms with E-state index in [0.717, 1.165) is 27.6 Å². The number of amides is 1. The monoisotopic (exact) mass is 538 g/mol. The van der Waals surface area contributed by atoms with E-state index in [1.807, 2.05) is 42.5 Å². The van der Waals surface area contributed by atoms with E-state index in [-0.39, 0.29) is 18.1 Å². The fourth-order valence-electron chi connectivity index (χ4n) is 5.04. The molecule has 3 aromatic carbocycles. The van der Waals surface area contributed by atoms with E-state index in [4.69, 9.17) is 17.3 Å². The zero-order chi connectivity index (χ0) is 26.9. The minimum Gasteiger partial charge on any atom is -0.382 e. The second kappa shape index (κ2) is 10.1. The third kappa shape index (κ3) is 4.77. The Morgan fingerprint density at radius 1 is 1.13 bits per heavy atom. The molecule has 39 heavy (non-hydrogen) atoms. The van der Waals surface area contributed by atoms with E-state index in [1.54, 1.807) is 29.2 Å². The van der Waals surface area contributed by atoms with Crippen LogP contribution in [0.1, 0.15) is 28.3 Å². The first kappa shape index (κ1) is 24.5. The van der Waals surface area contributed by atoms with Gasteiger partial charge in [0, 0.05) is 35.0 Å². The Balaban J connectivity index is 1.30. The number of fused-ring (bicyclic) bond motifs is 2. The highest BCUT2D eigenvalue weighted by molar-refractivity contribution is 6.30. The highest BCUT2D eigenvalue weighted by atomic mass is 35.5. The molecule has 5 aromatic rings. The summed E-state index contributed by atoms with van der Waals surface area (Å²) in [5.74, 6) is 0.0609. The molecule has 3 heterocycles. The predicted molar refractivity (Wildman–Crippen MR) is 147 cm³/mol. The maximum Gasteiger partial charge on any atom is 0.247 e. The molecule has 6 rings (SSSR count). The Hall–Kier alpha value is -4.83. The summed E-state index contributed by atoms with van der Waals surface area (Å²) in [6, 6.07) is 17.9. The summed E-state index contributed by atoms with van der Waals surface area (Å²) in [7, 11) is 0. The van der Waals surface area contributed by atoms with Gasteiger partial charge in [-0.3, -0.25) is 14.7 Å². The van der Waals surface area contributed by atoms with Crippen molar-refractivity contribution in [2.24, 2.45) is 0 Å². The molecule has 0 spiro atoms. The lowest BCUT2D eigenvalue weighted by Crippen LogP contribution is -2.43. The van der Waals surface area contributed by atoms with E-state index >= 15 is 0 Å². The average molecular weight is 539 g/mol. The molecule has 11 heteroatoms. The molecule has 0 unspecified atom stereocenters.